The van der Waals surface area contributed by atoms with E-state index in [2.05, 4.69) is 20.5 Å². The Morgan fingerprint density at radius 2 is 2.12 bits per heavy atom. The van der Waals surface area contributed by atoms with Crippen LogP contribution in [0.1, 0.15) is 48.6 Å². The van der Waals surface area contributed by atoms with Crippen molar-refractivity contribution in [2.24, 2.45) is 5.92 Å². The van der Waals surface area contributed by atoms with Crippen LogP contribution in [-0.4, -0.2) is 56.0 Å². The predicted molar refractivity (Wildman–Crippen MR) is 102 cm³/mol. The lowest BCUT2D eigenvalue weighted by atomic mass is 9.86. The fourth-order valence-electron chi connectivity index (χ4n) is 3.13. The summed E-state index contributed by atoms with van der Waals surface area (Å²) in [6.07, 6.45) is 7.32. The van der Waals surface area contributed by atoms with E-state index in [0.29, 0.717) is 18.2 Å². The Balaban J connectivity index is 0.00000243. The highest BCUT2D eigenvalue weighted by Gasteiger charge is 2.21. The molecule has 1 aliphatic carbocycles. The minimum absolute atomic E-state index is 0. The van der Waals surface area contributed by atoms with Gasteiger partial charge in [0.25, 0.3) is 5.91 Å². The van der Waals surface area contributed by atoms with Gasteiger partial charge < -0.3 is 10.6 Å². The van der Waals surface area contributed by atoms with Crippen molar-refractivity contribution >= 4 is 28.3 Å². The molecule has 0 radical (unpaired) electrons. The Hall–Kier alpha value is -1.16. The Bertz CT molecular complexity index is 684. The van der Waals surface area contributed by atoms with Crippen LogP contribution < -0.4 is 15.4 Å². The van der Waals surface area contributed by atoms with Gasteiger partial charge in [-0.05, 0) is 44.2 Å². The van der Waals surface area contributed by atoms with Crippen molar-refractivity contribution in [1.29, 1.82) is 0 Å². The van der Waals surface area contributed by atoms with E-state index < -0.39 is 10.0 Å². The summed E-state index contributed by atoms with van der Waals surface area (Å²) in [5.74, 6) is 0.0259. The van der Waals surface area contributed by atoms with Gasteiger partial charge in [-0.15, -0.1) is 12.4 Å². The van der Waals surface area contributed by atoms with Crippen molar-refractivity contribution in [2.45, 2.75) is 38.1 Å². The smallest absolute Gasteiger partial charge is 0.271 e. The number of carbonyl (C=O) groups excluding carboxylic acids is 1. The van der Waals surface area contributed by atoms with Gasteiger partial charge in [0.05, 0.1) is 11.8 Å². The summed E-state index contributed by atoms with van der Waals surface area (Å²) in [6, 6.07) is 1.94. The lowest BCUT2D eigenvalue weighted by Crippen LogP contribution is -2.37. The first kappa shape index (κ1) is 21.1. The first-order chi connectivity index (χ1) is 12.0. The second-order valence-corrected chi connectivity index (χ2v) is 8.83. The number of amides is 1. The molecule has 2 aliphatic rings. The van der Waals surface area contributed by atoms with Crippen LogP contribution in [0.2, 0.25) is 0 Å². The SMILES string of the molecule is Cl.O=C(NCCS(=O)(=O)NCC1CCC1)c1ccn(C2CCCNC2)n1. The largest absolute Gasteiger partial charge is 0.350 e. The monoisotopic (exact) mass is 405 g/mol. The molecule has 0 aromatic carbocycles. The van der Waals surface area contributed by atoms with Gasteiger partial charge in [0, 0.05) is 25.8 Å². The highest BCUT2D eigenvalue weighted by Crippen LogP contribution is 2.25. The highest BCUT2D eigenvalue weighted by molar-refractivity contribution is 7.89. The van der Waals surface area contributed by atoms with Gasteiger partial charge in [-0.1, -0.05) is 6.42 Å². The molecule has 1 saturated heterocycles. The molecule has 26 heavy (non-hydrogen) atoms. The number of piperidine rings is 1. The fourth-order valence-corrected chi connectivity index (χ4v) is 4.13. The number of halogens is 1. The van der Waals surface area contributed by atoms with Gasteiger partial charge in [-0.3, -0.25) is 9.48 Å². The fraction of sp³-hybridized carbons (Fsp3) is 0.750. The lowest BCUT2D eigenvalue weighted by molar-refractivity contribution is 0.0949. The van der Waals surface area contributed by atoms with E-state index in [9.17, 15) is 13.2 Å². The van der Waals surface area contributed by atoms with Crippen LogP contribution in [0.25, 0.3) is 0 Å². The number of carbonyl (C=O) groups is 1. The molecule has 1 aromatic heterocycles. The number of nitrogens with zero attached hydrogens (tertiary/aromatic N) is 2. The standard InChI is InChI=1S/C16H27N5O3S.ClH/c22-16(15-6-9-21(20-15)14-5-2-7-17-12-14)18-8-10-25(23,24)19-11-13-3-1-4-13;/h6,9,13-14,17,19H,1-5,7-8,10-12H2,(H,18,22);1H. The summed E-state index contributed by atoms with van der Waals surface area (Å²) in [7, 11) is -3.34. The molecule has 0 bridgehead atoms. The van der Waals surface area contributed by atoms with E-state index in [-0.39, 0.29) is 36.7 Å². The molecule has 10 heteroatoms. The van der Waals surface area contributed by atoms with Crippen LogP contribution in [0.5, 0.6) is 0 Å². The van der Waals surface area contributed by atoms with Crippen LogP contribution >= 0.6 is 12.4 Å². The quantitative estimate of drug-likeness (QED) is 0.589. The van der Waals surface area contributed by atoms with E-state index in [4.69, 9.17) is 0 Å². The third-order valence-corrected chi connectivity index (χ3v) is 6.31. The zero-order valence-corrected chi connectivity index (χ0v) is 16.4. The van der Waals surface area contributed by atoms with Gasteiger partial charge in [-0.25, -0.2) is 13.1 Å². The Labute approximate surface area is 160 Å². The average molecular weight is 406 g/mol. The number of rotatable bonds is 8. The zero-order chi connectivity index (χ0) is 17.7. The molecule has 1 aromatic rings. The summed E-state index contributed by atoms with van der Waals surface area (Å²) in [4.78, 5) is 12.1. The Morgan fingerprint density at radius 3 is 2.77 bits per heavy atom. The summed E-state index contributed by atoms with van der Waals surface area (Å²) < 4.78 is 28.3. The molecule has 148 valence electrons. The van der Waals surface area contributed by atoms with Crippen molar-refractivity contribution in [3.05, 3.63) is 18.0 Å². The van der Waals surface area contributed by atoms with E-state index in [1.165, 1.54) is 6.42 Å². The predicted octanol–water partition coefficient (Wildman–Crippen LogP) is 0.679. The second-order valence-electron chi connectivity index (χ2n) is 6.90. The Morgan fingerprint density at radius 1 is 1.31 bits per heavy atom. The molecule has 1 amide bonds. The lowest BCUT2D eigenvalue weighted by Gasteiger charge is -2.25. The van der Waals surface area contributed by atoms with Crippen molar-refractivity contribution in [1.82, 2.24) is 25.1 Å². The van der Waals surface area contributed by atoms with E-state index in [1.807, 2.05) is 10.9 Å². The third-order valence-electron chi connectivity index (χ3n) is 4.96. The number of sulfonamides is 1. The van der Waals surface area contributed by atoms with Gasteiger partial charge >= 0.3 is 0 Å². The molecule has 8 nitrogen and oxygen atoms in total. The van der Waals surface area contributed by atoms with Gasteiger partial charge in [0.1, 0.15) is 5.69 Å². The third kappa shape index (κ3) is 5.94. The van der Waals surface area contributed by atoms with Gasteiger partial charge in [-0.2, -0.15) is 5.10 Å². The highest BCUT2D eigenvalue weighted by atomic mass is 35.5. The molecule has 3 N–H and O–H groups in total. The van der Waals surface area contributed by atoms with E-state index in [0.717, 1.165) is 38.8 Å². The molecular formula is C16H28ClN5O3S. The van der Waals surface area contributed by atoms with Crippen molar-refractivity contribution in [3.8, 4) is 0 Å². The first-order valence-electron chi connectivity index (χ1n) is 9.05. The molecule has 3 rings (SSSR count). The van der Waals surface area contributed by atoms with Crippen LogP contribution in [0.4, 0.5) is 0 Å². The van der Waals surface area contributed by atoms with E-state index in [1.54, 1.807) is 6.07 Å². The summed E-state index contributed by atoms with van der Waals surface area (Å²) >= 11 is 0. The molecule has 1 atom stereocenters. The molecular weight excluding hydrogens is 378 g/mol. The molecule has 1 unspecified atom stereocenters. The summed E-state index contributed by atoms with van der Waals surface area (Å²) in [6.45, 7) is 2.47. The number of hydrogen-bond donors (Lipinski definition) is 3. The second kappa shape index (κ2) is 9.68. The minimum Gasteiger partial charge on any atom is -0.350 e. The van der Waals surface area contributed by atoms with Gasteiger partial charge in [0.15, 0.2) is 0 Å². The average Bonchev–Trinajstić information content (AvgIpc) is 3.04. The molecule has 2 heterocycles. The van der Waals surface area contributed by atoms with Crippen LogP contribution in [0, 0.1) is 5.92 Å². The normalized spacial score (nSPS) is 20.8. The topological polar surface area (TPSA) is 105 Å². The molecule has 1 aliphatic heterocycles. The zero-order valence-electron chi connectivity index (χ0n) is 14.8. The maximum Gasteiger partial charge on any atom is 0.271 e. The van der Waals surface area contributed by atoms with Crippen molar-refractivity contribution in [2.75, 3.05) is 31.9 Å². The van der Waals surface area contributed by atoms with Crippen LogP contribution in [0.3, 0.4) is 0 Å². The number of hydrogen-bond acceptors (Lipinski definition) is 5. The molecule has 1 saturated carbocycles. The summed E-state index contributed by atoms with van der Waals surface area (Å²) in [5, 5.41) is 10.3. The molecule has 2 fully saturated rings. The maximum absolute atomic E-state index is 12.1. The Kier molecular flexibility index (Phi) is 7.87. The van der Waals surface area contributed by atoms with Gasteiger partial charge in [0.2, 0.25) is 10.0 Å². The summed E-state index contributed by atoms with van der Waals surface area (Å²) in [5.41, 5.74) is 0.324. The minimum atomic E-state index is -3.34. The van der Waals surface area contributed by atoms with Crippen molar-refractivity contribution < 1.29 is 13.2 Å². The van der Waals surface area contributed by atoms with E-state index >= 15 is 0 Å². The molecule has 0 spiro atoms. The first-order valence-corrected chi connectivity index (χ1v) is 10.7. The van der Waals surface area contributed by atoms with Crippen LogP contribution in [-0.2, 0) is 10.0 Å². The number of nitrogens with one attached hydrogen (secondary N) is 3. The number of aromatic nitrogens is 2. The van der Waals surface area contributed by atoms with Crippen molar-refractivity contribution in [3.63, 3.8) is 0 Å². The van der Waals surface area contributed by atoms with Crippen LogP contribution in [0.15, 0.2) is 12.3 Å². The maximum atomic E-state index is 12.1.